The highest BCUT2D eigenvalue weighted by Crippen LogP contribution is 1.98. The van der Waals surface area contributed by atoms with Crippen LogP contribution in [0.1, 0.15) is 19.8 Å². The molecule has 0 rings (SSSR count). The molecule has 0 aliphatic heterocycles. The van der Waals surface area contributed by atoms with Crippen molar-refractivity contribution < 1.29 is 20.2 Å². The first-order chi connectivity index (χ1) is 6.93. The fourth-order valence-corrected chi connectivity index (χ4v) is 1.01. The number of carboxylic acids is 1. The number of hydrogen-bond acceptors (Lipinski definition) is 3. The minimum absolute atomic E-state index is 0. The van der Waals surface area contributed by atoms with Crippen LogP contribution in [0.4, 0.5) is 0 Å². The van der Waals surface area contributed by atoms with Gasteiger partial charge >= 0.3 is 5.97 Å². The number of aliphatic imine (C=N–C) groups is 1. The first kappa shape index (κ1) is 16.6. The molecule has 0 saturated heterocycles. The van der Waals surface area contributed by atoms with Crippen molar-refractivity contribution in [3.63, 3.8) is 0 Å². The second kappa shape index (κ2) is 8.48. The van der Waals surface area contributed by atoms with Gasteiger partial charge in [0.05, 0.1) is 0 Å². The predicted molar refractivity (Wildman–Crippen MR) is 58.8 cm³/mol. The Morgan fingerprint density at radius 3 is 2.38 bits per heavy atom. The molecule has 16 heavy (non-hydrogen) atoms. The molecule has 8 N–H and O–H groups in total. The molecule has 0 aliphatic rings. The van der Waals surface area contributed by atoms with E-state index in [9.17, 15) is 9.59 Å². The molecule has 0 aromatic heterocycles. The van der Waals surface area contributed by atoms with E-state index in [1.807, 2.05) is 0 Å². The highest BCUT2D eigenvalue weighted by atomic mass is 16.4. The summed E-state index contributed by atoms with van der Waals surface area (Å²) < 4.78 is 0. The average molecular weight is 234 g/mol. The van der Waals surface area contributed by atoms with Crippen molar-refractivity contribution in [2.24, 2.45) is 16.5 Å². The summed E-state index contributed by atoms with van der Waals surface area (Å²) in [4.78, 5) is 25.0. The number of aliphatic carboxylic acids is 1. The van der Waals surface area contributed by atoms with E-state index in [1.165, 1.54) is 6.92 Å². The van der Waals surface area contributed by atoms with Crippen molar-refractivity contribution in [2.45, 2.75) is 25.8 Å². The van der Waals surface area contributed by atoms with E-state index >= 15 is 0 Å². The summed E-state index contributed by atoms with van der Waals surface area (Å²) in [6.45, 7) is 1.62. The van der Waals surface area contributed by atoms with Gasteiger partial charge in [-0.15, -0.1) is 0 Å². The Hall–Kier alpha value is -1.83. The summed E-state index contributed by atoms with van der Waals surface area (Å²) in [5.74, 6) is -1.46. The molecule has 0 aliphatic carbocycles. The van der Waals surface area contributed by atoms with Gasteiger partial charge < -0.3 is 27.4 Å². The standard InChI is InChI=1S/C8H16N4O3.H2O/c1-5(13)12-6(7(14)15)3-2-4-11-8(9)10;/h6H,2-4H2,1H3,(H,12,13)(H,14,15)(H4,9,10,11);1H2/t6-;/m0./s1. The summed E-state index contributed by atoms with van der Waals surface area (Å²) in [6, 6.07) is -0.878. The number of nitrogens with one attached hydrogen (secondary N) is 1. The summed E-state index contributed by atoms with van der Waals surface area (Å²) in [7, 11) is 0. The van der Waals surface area contributed by atoms with E-state index in [0.29, 0.717) is 19.4 Å². The minimum Gasteiger partial charge on any atom is -0.480 e. The van der Waals surface area contributed by atoms with Crippen LogP contribution >= 0.6 is 0 Å². The van der Waals surface area contributed by atoms with Crippen molar-refractivity contribution in [1.29, 1.82) is 0 Å². The quantitative estimate of drug-likeness (QED) is 0.232. The molecule has 0 fully saturated rings. The Balaban J connectivity index is 0. The van der Waals surface area contributed by atoms with Crippen molar-refractivity contribution >= 4 is 17.8 Å². The third-order valence-electron chi connectivity index (χ3n) is 1.62. The summed E-state index contributed by atoms with van der Waals surface area (Å²) in [5.41, 5.74) is 10.2. The zero-order valence-corrected chi connectivity index (χ0v) is 9.06. The number of carbonyl (C=O) groups is 2. The third kappa shape index (κ3) is 8.75. The minimum atomic E-state index is -1.06. The molecule has 8 nitrogen and oxygen atoms in total. The van der Waals surface area contributed by atoms with Crippen molar-refractivity contribution in [1.82, 2.24) is 5.32 Å². The molecule has 0 aromatic rings. The third-order valence-corrected chi connectivity index (χ3v) is 1.62. The van der Waals surface area contributed by atoms with Gasteiger partial charge in [0.1, 0.15) is 6.04 Å². The summed E-state index contributed by atoms with van der Waals surface area (Å²) in [6.07, 6.45) is 0.792. The van der Waals surface area contributed by atoms with E-state index in [2.05, 4.69) is 10.3 Å². The van der Waals surface area contributed by atoms with Crippen LogP contribution < -0.4 is 16.8 Å². The van der Waals surface area contributed by atoms with Gasteiger partial charge in [-0.1, -0.05) is 0 Å². The number of hydrogen-bond donors (Lipinski definition) is 4. The van der Waals surface area contributed by atoms with Gasteiger partial charge in [0.25, 0.3) is 0 Å². The van der Waals surface area contributed by atoms with E-state index in [1.54, 1.807) is 0 Å². The lowest BCUT2D eigenvalue weighted by Gasteiger charge is -2.11. The number of carboxylic acid groups (broad SMARTS) is 1. The zero-order valence-electron chi connectivity index (χ0n) is 9.06. The Bertz CT molecular complexity index is 263. The first-order valence-corrected chi connectivity index (χ1v) is 4.48. The van der Waals surface area contributed by atoms with Gasteiger partial charge in [-0.2, -0.15) is 0 Å². The van der Waals surface area contributed by atoms with Crippen LogP contribution in [0, 0.1) is 0 Å². The summed E-state index contributed by atoms with van der Waals surface area (Å²) in [5, 5.41) is 11.0. The average Bonchev–Trinajstić information content (AvgIpc) is 2.08. The predicted octanol–water partition coefficient (Wildman–Crippen LogP) is -2.20. The van der Waals surface area contributed by atoms with E-state index in [-0.39, 0.29) is 17.3 Å². The Morgan fingerprint density at radius 2 is 2.00 bits per heavy atom. The highest BCUT2D eigenvalue weighted by Gasteiger charge is 2.17. The SMILES string of the molecule is CC(=O)N[C@@H](CCCN=C(N)N)C(=O)O.O. The molecular formula is C8H18N4O4. The fraction of sp³-hybridized carbons (Fsp3) is 0.625. The van der Waals surface area contributed by atoms with Gasteiger partial charge in [0.15, 0.2) is 5.96 Å². The number of rotatable bonds is 6. The van der Waals surface area contributed by atoms with Gasteiger partial charge in [-0.05, 0) is 12.8 Å². The lowest BCUT2D eigenvalue weighted by Crippen LogP contribution is -2.39. The lowest BCUT2D eigenvalue weighted by atomic mass is 10.1. The largest absolute Gasteiger partial charge is 0.480 e. The molecule has 0 heterocycles. The molecule has 0 unspecified atom stereocenters. The zero-order chi connectivity index (χ0) is 11.8. The maximum absolute atomic E-state index is 10.7. The molecule has 8 heteroatoms. The second-order valence-electron chi connectivity index (χ2n) is 3.04. The topological polar surface area (TPSA) is 162 Å². The maximum Gasteiger partial charge on any atom is 0.326 e. The molecule has 0 bridgehead atoms. The molecule has 0 spiro atoms. The normalized spacial score (nSPS) is 10.8. The fourth-order valence-electron chi connectivity index (χ4n) is 1.01. The van der Waals surface area contributed by atoms with Crippen LogP contribution in [0.25, 0.3) is 0 Å². The number of guanidine groups is 1. The van der Waals surface area contributed by atoms with Gasteiger partial charge in [-0.3, -0.25) is 9.79 Å². The second-order valence-corrected chi connectivity index (χ2v) is 3.04. The summed E-state index contributed by atoms with van der Waals surface area (Å²) >= 11 is 0. The van der Waals surface area contributed by atoms with Gasteiger partial charge in [0, 0.05) is 13.5 Å². The molecule has 0 saturated carbocycles. The van der Waals surface area contributed by atoms with Crippen LogP contribution in [-0.4, -0.2) is 41.0 Å². The van der Waals surface area contributed by atoms with Crippen LogP contribution in [0.3, 0.4) is 0 Å². The van der Waals surface area contributed by atoms with Gasteiger partial charge in [-0.25, -0.2) is 4.79 Å². The van der Waals surface area contributed by atoms with E-state index in [0.717, 1.165) is 0 Å². The molecule has 1 atom stereocenters. The Kier molecular flexibility index (Phi) is 8.79. The Morgan fingerprint density at radius 1 is 1.44 bits per heavy atom. The van der Waals surface area contributed by atoms with Gasteiger partial charge in [0.2, 0.25) is 5.91 Å². The van der Waals surface area contributed by atoms with E-state index < -0.39 is 12.0 Å². The van der Waals surface area contributed by atoms with Crippen LogP contribution in [0.5, 0.6) is 0 Å². The smallest absolute Gasteiger partial charge is 0.326 e. The molecular weight excluding hydrogens is 216 g/mol. The number of amides is 1. The van der Waals surface area contributed by atoms with Crippen molar-refractivity contribution in [2.75, 3.05) is 6.54 Å². The molecule has 0 radical (unpaired) electrons. The van der Waals surface area contributed by atoms with Crippen molar-refractivity contribution in [3.05, 3.63) is 0 Å². The molecule has 1 amide bonds. The number of carbonyl (C=O) groups excluding carboxylic acids is 1. The van der Waals surface area contributed by atoms with Crippen molar-refractivity contribution in [3.8, 4) is 0 Å². The molecule has 94 valence electrons. The number of nitrogens with zero attached hydrogens (tertiary/aromatic N) is 1. The maximum atomic E-state index is 10.7. The molecule has 0 aromatic carbocycles. The van der Waals surface area contributed by atoms with Crippen LogP contribution in [0.2, 0.25) is 0 Å². The van der Waals surface area contributed by atoms with E-state index in [4.69, 9.17) is 16.6 Å². The van der Waals surface area contributed by atoms with Crippen LogP contribution in [-0.2, 0) is 9.59 Å². The first-order valence-electron chi connectivity index (χ1n) is 4.48. The van der Waals surface area contributed by atoms with Crippen LogP contribution in [0.15, 0.2) is 4.99 Å². The number of nitrogens with two attached hydrogens (primary N) is 2. The Labute approximate surface area is 93.0 Å². The highest BCUT2D eigenvalue weighted by molar-refractivity contribution is 5.82. The lowest BCUT2D eigenvalue weighted by molar-refractivity contribution is -0.141. The monoisotopic (exact) mass is 234 g/mol.